The first-order valence-electron chi connectivity index (χ1n) is 9.14. The molecule has 0 heterocycles. The van der Waals surface area contributed by atoms with Crippen molar-refractivity contribution in [3.05, 3.63) is 59.7 Å². The van der Waals surface area contributed by atoms with E-state index in [0.29, 0.717) is 23.5 Å². The number of anilines is 1. The maximum absolute atomic E-state index is 12.5. The van der Waals surface area contributed by atoms with Gasteiger partial charge in [-0.15, -0.1) is 0 Å². The molecule has 0 N–H and O–H groups in total. The summed E-state index contributed by atoms with van der Waals surface area (Å²) in [5.41, 5.74) is 1.88. The fourth-order valence-corrected chi connectivity index (χ4v) is 2.61. The first-order chi connectivity index (χ1) is 12.8. The number of ether oxygens (including phenoxy) is 2. The highest BCUT2D eigenvalue weighted by Gasteiger charge is 2.24. The zero-order valence-corrected chi connectivity index (χ0v) is 16.6. The molecular formula is C22H27NO4. The van der Waals surface area contributed by atoms with Crippen molar-refractivity contribution in [2.45, 2.75) is 40.0 Å². The molecule has 0 aliphatic rings. The van der Waals surface area contributed by atoms with Crippen LogP contribution in [0, 0.1) is 0 Å². The standard InChI is InChI=1S/C22H27NO4/c1-6-23(21(25)26-7-2)18-15-17(22(3,4)5)13-14-19(18)27-20(24)16-11-9-8-10-12-16/h8-15H,6-7H2,1-5H3. The van der Waals surface area contributed by atoms with Gasteiger partial charge in [-0.05, 0) is 49.1 Å². The third kappa shape index (κ3) is 5.09. The van der Waals surface area contributed by atoms with Crippen molar-refractivity contribution in [2.24, 2.45) is 0 Å². The summed E-state index contributed by atoms with van der Waals surface area (Å²) in [6, 6.07) is 14.3. The average Bonchev–Trinajstić information content (AvgIpc) is 2.63. The molecule has 0 aliphatic carbocycles. The van der Waals surface area contributed by atoms with Crippen LogP contribution >= 0.6 is 0 Å². The fourth-order valence-electron chi connectivity index (χ4n) is 2.61. The number of benzene rings is 2. The second-order valence-electron chi connectivity index (χ2n) is 7.13. The molecule has 0 saturated carbocycles. The molecule has 2 aromatic carbocycles. The number of amides is 1. The predicted octanol–water partition coefficient (Wildman–Crippen LogP) is 5.19. The lowest BCUT2D eigenvalue weighted by Gasteiger charge is -2.26. The van der Waals surface area contributed by atoms with E-state index in [9.17, 15) is 9.59 Å². The summed E-state index contributed by atoms with van der Waals surface area (Å²) in [4.78, 5) is 26.4. The first kappa shape index (κ1) is 20.5. The van der Waals surface area contributed by atoms with Crippen LogP contribution in [-0.4, -0.2) is 25.2 Å². The Labute approximate surface area is 160 Å². The lowest BCUT2D eigenvalue weighted by atomic mass is 9.86. The normalized spacial score (nSPS) is 11.0. The average molecular weight is 369 g/mol. The predicted molar refractivity (Wildman–Crippen MR) is 107 cm³/mol. The molecule has 1 amide bonds. The van der Waals surface area contributed by atoms with E-state index in [4.69, 9.17) is 9.47 Å². The van der Waals surface area contributed by atoms with Gasteiger partial charge in [0.2, 0.25) is 0 Å². The second-order valence-corrected chi connectivity index (χ2v) is 7.13. The van der Waals surface area contributed by atoms with Gasteiger partial charge in [0.15, 0.2) is 5.75 Å². The third-order valence-corrected chi connectivity index (χ3v) is 4.13. The van der Waals surface area contributed by atoms with Crippen LogP contribution in [-0.2, 0) is 10.2 Å². The van der Waals surface area contributed by atoms with Crippen molar-refractivity contribution >= 4 is 17.7 Å². The van der Waals surface area contributed by atoms with Crippen molar-refractivity contribution in [1.82, 2.24) is 0 Å². The Morgan fingerprint density at radius 3 is 2.22 bits per heavy atom. The van der Waals surface area contributed by atoms with Crippen LogP contribution in [0.3, 0.4) is 0 Å². The molecule has 0 aliphatic heterocycles. The number of rotatable bonds is 5. The lowest BCUT2D eigenvalue weighted by Crippen LogP contribution is -2.32. The van der Waals surface area contributed by atoms with Crippen LogP contribution in [0.25, 0.3) is 0 Å². The molecule has 0 unspecified atom stereocenters. The van der Waals surface area contributed by atoms with E-state index >= 15 is 0 Å². The zero-order chi connectivity index (χ0) is 20.0. The topological polar surface area (TPSA) is 55.8 Å². The molecule has 144 valence electrons. The Kier molecular flexibility index (Phi) is 6.61. The number of hydrogen-bond donors (Lipinski definition) is 0. The van der Waals surface area contributed by atoms with E-state index in [0.717, 1.165) is 5.56 Å². The van der Waals surface area contributed by atoms with Gasteiger partial charge < -0.3 is 9.47 Å². The number of esters is 1. The number of carbonyl (C=O) groups excluding carboxylic acids is 2. The molecule has 0 bridgehead atoms. The van der Waals surface area contributed by atoms with E-state index in [1.54, 1.807) is 37.3 Å². The molecule has 0 atom stereocenters. The maximum atomic E-state index is 12.5. The molecule has 0 spiro atoms. The van der Waals surface area contributed by atoms with Crippen LogP contribution < -0.4 is 9.64 Å². The zero-order valence-electron chi connectivity index (χ0n) is 16.6. The Hall–Kier alpha value is -2.82. The van der Waals surface area contributed by atoms with Gasteiger partial charge in [-0.2, -0.15) is 0 Å². The van der Waals surface area contributed by atoms with Gasteiger partial charge in [-0.3, -0.25) is 4.90 Å². The van der Waals surface area contributed by atoms with E-state index in [-0.39, 0.29) is 12.0 Å². The molecule has 27 heavy (non-hydrogen) atoms. The highest BCUT2D eigenvalue weighted by atomic mass is 16.6. The van der Waals surface area contributed by atoms with Crippen molar-refractivity contribution in [3.8, 4) is 5.75 Å². The van der Waals surface area contributed by atoms with Crippen LogP contribution in [0.4, 0.5) is 10.5 Å². The van der Waals surface area contributed by atoms with Gasteiger partial charge in [0.25, 0.3) is 0 Å². The van der Waals surface area contributed by atoms with Crippen LogP contribution in [0.1, 0.15) is 50.5 Å². The first-order valence-corrected chi connectivity index (χ1v) is 9.14. The molecule has 0 saturated heterocycles. The summed E-state index contributed by atoms with van der Waals surface area (Å²) in [6.45, 7) is 10.5. The monoisotopic (exact) mass is 369 g/mol. The minimum absolute atomic E-state index is 0.120. The summed E-state index contributed by atoms with van der Waals surface area (Å²) in [5.74, 6) is -0.146. The van der Waals surface area contributed by atoms with E-state index in [2.05, 4.69) is 20.8 Å². The molecule has 0 aromatic heterocycles. The van der Waals surface area contributed by atoms with Gasteiger partial charge in [-0.1, -0.05) is 45.0 Å². The molecule has 5 heteroatoms. The third-order valence-electron chi connectivity index (χ3n) is 4.13. The Morgan fingerprint density at radius 1 is 1.00 bits per heavy atom. The molecule has 0 fully saturated rings. The van der Waals surface area contributed by atoms with E-state index in [1.807, 2.05) is 25.1 Å². The van der Waals surface area contributed by atoms with E-state index < -0.39 is 12.1 Å². The summed E-state index contributed by atoms with van der Waals surface area (Å²) < 4.78 is 10.8. The van der Waals surface area contributed by atoms with Crippen molar-refractivity contribution in [1.29, 1.82) is 0 Å². The second kappa shape index (κ2) is 8.71. The van der Waals surface area contributed by atoms with Crippen molar-refractivity contribution in [3.63, 3.8) is 0 Å². The van der Waals surface area contributed by atoms with Gasteiger partial charge in [0, 0.05) is 6.54 Å². The Bertz CT molecular complexity index is 794. The minimum Gasteiger partial charge on any atom is -0.449 e. The smallest absolute Gasteiger partial charge is 0.414 e. The lowest BCUT2D eigenvalue weighted by molar-refractivity contribution is 0.0734. The molecule has 2 aromatic rings. The van der Waals surface area contributed by atoms with Crippen LogP contribution in [0.15, 0.2) is 48.5 Å². The Morgan fingerprint density at radius 2 is 1.67 bits per heavy atom. The highest BCUT2D eigenvalue weighted by molar-refractivity contribution is 5.94. The number of carbonyl (C=O) groups is 2. The summed E-state index contributed by atoms with van der Waals surface area (Å²) >= 11 is 0. The summed E-state index contributed by atoms with van der Waals surface area (Å²) in [6.07, 6.45) is -0.469. The summed E-state index contributed by atoms with van der Waals surface area (Å²) in [5, 5.41) is 0. The quantitative estimate of drug-likeness (QED) is 0.538. The maximum Gasteiger partial charge on any atom is 0.414 e. The molecule has 5 nitrogen and oxygen atoms in total. The van der Waals surface area contributed by atoms with Crippen LogP contribution in [0.5, 0.6) is 5.75 Å². The van der Waals surface area contributed by atoms with Gasteiger partial charge in [0.05, 0.1) is 17.9 Å². The Balaban J connectivity index is 2.46. The van der Waals surface area contributed by atoms with Gasteiger partial charge in [0.1, 0.15) is 0 Å². The SMILES string of the molecule is CCOC(=O)N(CC)c1cc(C(C)(C)C)ccc1OC(=O)c1ccccc1. The van der Waals surface area contributed by atoms with Crippen molar-refractivity contribution in [2.75, 3.05) is 18.1 Å². The van der Waals surface area contributed by atoms with Gasteiger partial charge >= 0.3 is 12.1 Å². The van der Waals surface area contributed by atoms with Gasteiger partial charge in [-0.25, -0.2) is 9.59 Å². The molecular weight excluding hydrogens is 342 g/mol. The minimum atomic E-state index is -0.472. The summed E-state index contributed by atoms with van der Waals surface area (Å²) in [7, 11) is 0. The van der Waals surface area contributed by atoms with Crippen LogP contribution in [0.2, 0.25) is 0 Å². The fraction of sp³-hybridized carbons (Fsp3) is 0.364. The highest BCUT2D eigenvalue weighted by Crippen LogP contribution is 2.35. The largest absolute Gasteiger partial charge is 0.449 e. The van der Waals surface area contributed by atoms with Crippen molar-refractivity contribution < 1.29 is 19.1 Å². The molecule has 0 radical (unpaired) electrons. The molecule has 2 rings (SSSR count). The van der Waals surface area contributed by atoms with E-state index in [1.165, 1.54) is 4.90 Å². The number of hydrogen-bond acceptors (Lipinski definition) is 4. The number of nitrogens with zero attached hydrogens (tertiary/aromatic N) is 1.